The molecule has 2 aliphatic rings. The number of aromatic hydroxyl groups is 1. The Morgan fingerprint density at radius 3 is 2.61 bits per heavy atom. The van der Waals surface area contributed by atoms with E-state index in [4.69, 9.17) is 4.42 Å². The molecule has 3 N–H and O–H groups in total. The number of Topliss-reactive ketones (excluding diaryl/α,β-unsaturated/α-hetero) is 2. The first-order valence-corrected chi connectivity index (χ1v) is 12.7. The highest BCUT2D eigenvalue weighted by Gasteiger charge is 2.51. The van der Waals surface area contributed by atoms with Crippen molar-refractivity contribution in [2.24, 2.45) is 0 Å². The van der Waals surface area contributed by atoms with Gasteiger partial charge in [-0.05, 0) is 49.8 Å². The second-order valence-electron chi connectivity index (χ2n) is 8.91. The molecule has 1 saturated carbocycles. The fourth-order valence-corrected chi connectivity index (χ4v) is 5.80. The number of rotatable bonds is 9. The van der Waals surface area contributed by atoms with E-state index < -0.39 is 35.5 Å². The number of para-hydroxylation sites is 1. The van der Waals surface area contributed by atoms with Crippen LogP contribution in [-0.2, 0) is 19.1 Å². The molecule has 0 bridgehead atoms. The van der Waals surface area contributed by atoms with Crippen LogP contribution in [-0.4, -0.2) is 77.2 Å². The number of carbonyl (C=O) groups is 4. The van der Waals surface area contributed by atoms with Crippen LogP contribution in [0.25, 0.3) is 0 Å². The van der Waals surface area contributed by atoms with E-state index in [2.05, 4.69) is 15.4 Å². The number of methoxy groups -OCH3 is 1. The number of amides is 1. The van der Waals surface area contributed by atoms with Crippen LogP contribution in [0.15, 0.2) is 34.7 Å². The average Bonchev–Trinajstić information content (AvgIpc) is 3.56. The van der Waals surface area contributed by atoms with Gasteiger partial charge >= 0.3 is 5.97 Å². The van der Waals surface area contributed by atoms with Gasteiger partial charge < -0.3 is 24.5 Å². The lowest BCUT2D eigenvalue weighted by Gasteiger charge is -2.38. The summed E-state index contributed by atoms with van der Waals surface area (Å²) in [5.74, 6) is -0.257. The van der Waals surface area contributed by atoms with Crippen molar-refractivity contribution < 1.29 is 33.4 Å². The molecule has 1 saturated heterocycles. The highest BCUT2D eigenvalue weighted by molar-refractivity contribution is 8.00. The Morgan fingerprint density at radius 1 is 1.22 bits per heavy atom. The van der Waals surface area contributed by atoms with Crippen molar-refractivity contribution in [2.75, 3.05) is 31.8 Å². The SMILES string of the molecule is COC(=O)CN(C)C(=O)c1cccc(NC2C(=O)C(=O)C2NC(c2ccc(C)o2)C2CCCS2)c1O. The fraction of sp³-hybridized carbons (Fsp3) is 0.440. The van der Waals surface area contributed by atoms with Gasteiger partial charge in [-0.2, -0.15) is 11.8 Å². The monoisotopic (exact) mass is 515 g/mol. The van der Waals surface area contributed by atoms with Crippen molar-refractivity contribution in [2.45, 2.75) is 43.1 Å². The summed E-state index contributed by atoms with van der Waals surface area (Å²) in [4.78, 5) is 50.5. The number of furan rings is 1. The predicted octanol–water partition coefficient (Wildman–Crippen LogP) is 2.07. The van der Waals surface area contributed by atoms with Gasteiger partial charge in [-0.15, -0.1) is 0 Å². The number of phenolic OH excluding ortho intramolecular Hbond substituents is 1. The lowest BCUT2D eigenvalue weighted by atomic mass is 9.81. The van der Waals surface area contributed by atoms with E-state index in [0.29, 0.717) is 5.76 Å². The van der Waals surface area contributed by atoms with Crippen LogP contribution >= 0.6 is 11.8 Å². The van der Waals surface area contributed by atoms with Crippen molar-refractivity contribution in [3.63, 3.8) is 0 Å². The molecule has 36 heavy (non-hydrogen) atoms. The number of nitrogens with zero attached hydrogens (tertiary/aromatic N) is 1. The highest BCUT2D eigenvalue weighted by atomic mass is 32.2. The maximum Gasteiger partial charge on any atom is 0.325 e. The molecule has 10 nitrogen and oxygen atoms in total. The minimum absolute atomic E-state index is 0.0553. The van der Waals surface area contributed by atoms with E-state index in [-0.39, 0.29) is 34.8 Å². The summed E-state index contributed by atoms with van der Waals surface area (Å²) < 4.78 is 10.4. The lowest BCUT2D eigenvalue weighted by Crippen LogP contribution is -2.68. The number of nitrogens with one attached hydrogen (secondary N) is 2. The number of carbonyl (C=O) groups excluding carboxylic acids is 4. The largest absolute Gasteiger partial charge is 0.505 e. The molecule has 0 spiro atoms. The highest BCUT2D eigenvalue weighted by Crippen LogP contribution is 2.38. The zero-order valence-electron chi connectivity index (χ0n) is 20.3. The third kappa shape index (κ3) is 5.12. The zero-order valence-corrected chi connectivity index (χ0v) is 21.1. The molecule has 4 atom stereocenters. The van der Waals surface area contributed by atoms with Gasteiger partial charge in [0.05, 0.1) is 24.4 Å². The van der Waals surface area contributed by atoms with E-state index in [9.17, 15) is 24.3 Å². The van der Waals surface area contributed by atoms with E-state index in [1.807, 2.05) is 19.1 Å². The molecule has 0 radical (unpaired) electrons. The third-order valence-corrected chi connectivity index (χ3v) is 7.88. The van der Waals surface area contributed by atoms with Gasteiger partial charge in [0.25, 0.3) is 5.91 Å². The summed E-state index contributed by atoms with van der Waals surface area (Å²) in [7, 11) is 2.62. The molecule has 1 aromatic heterocycles. The number of aryl methyl sites for hydroxylation is 1. The van der Waals surface area contributed by atoms with Crippen LogP contribution in [0.4, 0.5) is 5.69 Å². The first-order chi connectivity index (χ1) is 17.2. The lowest BCUT2D eigenvalue weighted by molar-refractivity contribution is -0.145. The number of ether oxygens (including phenoxy) is 1. The van der Waals surface area contributed by atoms with Gasteiger partial charge in [-0.1, -0.05) is 6.07 Å². The maximum atomic E-state index is 12.8. The Morgan fingerprint density at radius 2 is 1.97 bits per heavy atom. The number of ketones is 2. The molecule has 11 heteroatoms. The summed E-state index contributed by atoms with van der Waals surface area (Å²) in [6.45, 7) is 1.56. The second kappa shape index (κ2) is 10.8. The van der Waals surface area contributed by atoms with Crippen LogP contribution in [0.3, 0.4) is 0 Å². The Bertz CT molecular complexity index is 1170. The van der Waals surface area contributed by atoms with Crippen LogP contribution in [0, 0.1) is 6.92 Å². The van der Waals surface area contributed by atoms with Gasteiger partial charge in [0.1, 0.15) is 30.1 Å². The summed E-state index contributed by atoms with van der Waals surface area (Å²) in [5.41, 5.74) is 0.0749. The van der Waals surface area contributed by atoms with Crippen LogP contribution in [0.2, 0.25) is 0 Å². The quantitative estimate of drug-likeness (QED) is 0.258. The number of benzene rings is 1. The molecule has 192 valence electrons. The minimum Gasteiger partial charge on any atom is -0.505 e. The van der Waals surface area contributed by atoms with Crippen molar-refractivity contribution in [1.82, 2.24) is 10.2 Å². The van der Waals surface area contributed by atoms with Gasteiger partial charge in [-0.3, -0.25) is 24.5 Å². The van der Waals surface area contributed by atoms with E-state index in [0.717, 1.165) is 29.3 Å². The zero-order chi connectivity index (χ0) is 26.0. The Hall–Kier alpha value is -3.31. The Balaban J connectivity index is 1.52. The normalized spacial score (nSPS) is 22.1. The van der Waals surface area contributed by atoms with E-state index in [1.54, 1.807) is 11.8 Å². The average molecular weight is 516 g/mol. The minimum atomic E-state index is -0.925. The van der Waals surface area contributed by atoms with Gasteiger partial charge in [-0.25, -0.2) is 0 Å². The molecule has 1 amide bonds. The van der Waals surface area contributed by atoms with Crippen molar-refractivity contribution in [1.29, 1.82) is 0 Å². The fourth-order valence-electron chi connectivity index (χ4n) is 4.42. The van der Waals surface area contributed by atoms with Crippen molar-refractivity contribution in [3.8, 4) is 5.75 Å². The number of anilines is 1. The number of thioether (sulfide) groups is 1. The first-order valence-electron chi connectivity index (χ1n) is 11.6. The van der Waals surface area contributed by atoms with Gasteiger partial charge in [0.2, 0.25) is 11.6 Å². The van der Waals surface area contributed by atoms with E-state index in [1.165, 1.54) is 32.4 Å². The second-order valence-corrected chi connectivity index (χ2v) is 10.3. The first kappa shape index (κ1) is 25.8. The number of hydrogen-bond donors (Lipinski definition) is 3. The molecule has 1 aliphatic carbocycles. The Kier molecular flexibility index (Phi) is 7.70. The number of likely N-dealkylation sites (N-methyl/N-ethyl adjacent to an activating group) is 1. The predicted molar refractivity (Wildman–Crippen MR) is 133 cm³/mol. The van der Waals surface area contributed by atoms with Gasteiger partial charge in [0.15, 0.2) is 5.75 Å². The van der Waals surface area contributed by atoms with Crippen molar-refractivity contribution >= 4 is 40.9 Å². The Labute approximate surface area is 212 Å². The topological polar surface area (TPSA) is 138 Å². The molecule has 4 rings (SSSR count). The third-order valence-electron chi connectivity index (χ3n) is 6.42. The van der Waals surface area contributed by atoms with Crippen molar-refractivity contribution in [3.05, 3.63) is 47.4 Å². The van der Waals surface area contributed by atoms with Gasteiger partial charge in [0, 0.05) is 12.3 Å². The summed E-state index contributed by atoms with van der Waals surface area (Å²) in [6.07, 6.45) is 2.02. The number of hydrogen-bond acceptors (Lipinski definition) is 10. The molecule has 4 unspecified atom stereocenters. The summed E-state index contributed by atoms with van der Waals surface area (Å²) in [6, 6.07) is 6.20. The smallest absolute Gasteiger partial charge is 0.325 e. The number of esters is 1. The van der Waals surface area contributed by atoms with Crippen LogP contribution in [0.1, 0.15) is 40.8 Å². The molecule has 1 aromatic carbocycles. The van der Waals surface area contributed by atoms with Crippen LogP contribution < -0.4 is 10.6 Å². The maximum absolute atomic E-state index is 12.8. The van der Waals surface area contributed by atoms with Crippen LogP contribution in [0.5, 0.6) is 5.75 Å². The molecule has 2 aromatic rings. The molecular formula is C25H29N3O7S. The number of phenols is 1. The molecule has 2 fully saturated rings. The van der Waals surface area contributed by atoms with E-state index >= 15 is 0 Å². The summed E-state index contributed by atoms with van der Waals surface area (Å²) >= 11 is 1.80. The molecule has 1 aliphatic heterocycles. The standard InChI is InChI=1S/C25H29N3O7S/c1-13-9-10-16(35-13)19(17-8-5-11-36-17)27-21-20(23(31)24(21)32)26-15-7-4-6-14(22(15)30)25(33)28(2)12-18(29)34-3/h4,6-7,9-10,17,19-21,26-27,30H,5,8,11-12H2,1-3H3. The molecule has 2 heterocycles. The molecular weight excluding hydrogens is 486 g/mol. The summed E-state index contributed by atoms with van der Waals surface area (Å²) in [5, 5.41) is 17.2.